The fourth-order valence-electron chi connectivity index (χ4n) is 3.04. The van der Waals surface area contributed by atoms with E-state index < -0.39 is 35.7 Å². The van der Waals surface area contributed by atoms with Crippen LogP contribution in [0.15, 0.2) is 29.3 Å². The van der Waals surface area contributed by atoms with Crippen LogP contribution in [0.1, 0.15) is 45.6 Å². The van der Waals surface area contributed by atoms with Gasteiger partial charge in [0.15, 0.2) is 5.54 Å². The van der Waals surface area contributed by atoms with Gasteiger partial charge in [0, 0.05) is 31.6 Å². The molecule has 1 unspecified atom stereocenters. The number of aliphatic hydroxyl groups is 3. The van der Waals surface area contributed by atoms with Crippen molar-refractivity contribution in [2.45, 2.75) is 57.3 Å². The molecule has 2 rings (SSSR count). The van der Waals surface area contributed by atoms with E-state index in [-0.39, 0.29) is 38.5 Å². The van der Waals surface area contributed by atoms with Crippen molar-refractivity contribution in [1.29, 1.82) is 0 Å². The second kappa shape index (κ2) is 12.0. The highest BCUT2D eigenvalue weighted by atomic mass is 16.6. The minimum Gasteiger partial charge on any atom is -0.494 e. The quantitative estimate of drug-likeness (QED) is 0.258. The molecule has 0 radical (unpaired) electrons. The first-order chi connectivity index (χ1) is 15.6. The summed E-state index contributed by atoms with van der Waals surface area (Å²) in [5.74, 6) is -0.104. The van der Waals surface area contributed by atoms with Gasteiger partial charge in [-0.2, -0.15) is 0 Å². The average molecular weight is 467 g/mol. The maximum atomic E-state index is 13.0. The molecule has 1 aliphatic rings. The van der Waals surface area contributed by atoms with Gasteiger partial charge >= 0.3 is 5.97 Å². The Morgan fingerprint density at radius 1 is 1.24 bits per heavy atom. The lowest BCUT2D eigenvalue weighted by atomic mass is 9.94. The van der Waals surface area contributed by atoms with Gasteiger partial charge in [0.1, 0.15) is 18.0 Å². The molecule has 0 aromatic heterocycles. The van der Waals surface area contributed by atoms with E-state index >= 15 is 0 Å². The van der Waals surface area contributed by atoms with Crippen LogP contribution in [0.3, 0.4) is 0 Å². The third kappa shape index (κ3) is 8.30. The van der Waals surface area contributed by atoms with Crippen molar-refractivity contribution in [3.8, 4) is 5.75 Å². The molecule has 10 nitrogen and oxygen atoms in total. The fourth-order valence-corrected chi connectivity index (χ4v) is 3.04. The zero-order chi connectivity index (χ0) is 24.5. The number of aliphatic hydroxyl groups excluding tert-OH is 3. The number of carbonyl (C=O) groups excluding carboxylic acids is 2. The summed E-state index contributed by atoms with van der Waals surface area (Å²) in [5.41, 5.74) is -1.40. The molecular weight excluding hydrogens is 432 g/mol. The summed E-state index contributed by atoms with van der Waals surface area (Å²) in [5, 5.41) is 30.0. The van der Waals surface area contributed by atoms with Crippen LogP contribution >= 0.6 is 0 Å². The Bertz CT molecular complexity index is 819. The Labute approximate surface area is 193 Å². The largest absolute Gasteiger partial charge is 0.494 e. The van der Waals surface area contributed by atoms with Crippen LogP contribution in [-0.2, 0) is 19.1 Å². The topological polar surface area (TPSA) is 147 Å². The second-order valence-electron chi connectivity index (χ2n) is 8.82. The number of benzene rings is 1. The number of amides is 1. The summed E-state index contributed by atoms with van der Waals surface area (Å²) in [6.07, 6.45) is -0.585. The van der Waals surface area contributed by atoms with Gasteiger partial charge in [-0.05, 0) is 51.5 Å². The highest BCUT2D eigenvalue weighted by Gasteiger charge is 2.44. The summed E-state index contributed by atoms with van der Waals surface area (Å²) < 4.78 is 16.6. The fraction of sp³-hybridized carbons (Fsp3) is 0.609. The van der Waals surface area contributed by atoms with Crippen LogP contribution in [-0.4, -0.2) is 83.3 Å². The molecule has 1 aliphatic heterocycles. The van der Waals surface area contributed by atoms with Crippen LogP contribution in [0.2, 0.25) is 0 Å². The maximum absolute atomic E-state index is 13.0. The first kappa shape index (κ1) is 26.6. The van der Waals surface area contributed by atoms with E-state index in [2.05, 4.69) is 10.3 Å². The number of aliphatic imine (C=N–C) groups is 1. The number of hydrogen-bond donors (Lipinski definition) is 4. The third-order valence-corrected chi connectivity index (χ3v) is 4.73. The zero-order valence-electron chi connectivity index (χ0n) is 19.4. The van der Waals surface area contributed by atoms with Gasteiger partial charge in [-0.3, -0.25) is 9.59 Å². The number of rotatable bonds is 12. The standard InChI is InChI=1S/C23H34N2O8/c1-22(2,3)33-19(29)9-10-23(21(30)24-13-17(28)14-27)15-32-20(25-23)16-5-7-18(8-6-16)31-12-4-11-26/h5-8,17,26-28H,4,9-15H2,1-3H3,(H,24,30)/t17?,23-/m1/s1. The molecule has 1 heterocycles. The van der Waals surface area contributed by atoms with E-state index in [4.69, 9.17) is 24.4 Å². The number of ether oxygens (including phenoxy) is 3. The van der Waals surface area contributed by atoms with Crippen molar-refractivity contribution >= 4 is 17.8 Å². The van der Waals surface area contributed by atoms with Crippen molar-refractivity contribution < 1.29 is 39.1 Å². The first-order valence-corrected chi connectivity index (χ1v) is 10.9. The van der Waals surface area contributed by atoms with Crippen LogP contribution in [0, 0.1) is 0 Å². The highest BCUT2D eigenvalue weighted by Crippen LogP contribution is 2.28. The molecule has 33 heavy (non-hydrogen) atoms. The summed E-state index contributed by atoms with van der Waals surface area (Å²) >= 11 is 0. The monoisotopic (exact) mass is 466 g/mol. The molecule has 0 aliphatic carbocycles. The highest BCUT2D eigenvalue weighted by molar-refractivity contribution is 6.00. The molecule has 0 bridgehead atoms. The molecular formula is C23H34N2O8. The molecule has 0 fully saturated rings. The summed E-state index contributed by atoms with van der Waals surface area (Å²) in [7, 11) is 0. The Morgan fingerprint density at radius 2 is 1.94 bits per heavy atom. The third-order valence-electron chi connectivity index (χ3n) is 4.73. The minimum atomic E-state index is -1.38. The molecule has 0 spiro atoms. The van der Waals surface area contributed by atoms with E-state index in [1.807, 2.05) is 0 Å². The molecule has 1 aromatic carbocycles. The van der Waals surface area contributed by atoms with Gasteiger partial charge in [-0.15, -0.1) is 0 Å². The lowest BCUT2D eigenvalue weighted by Gasteiger charge is -2.25. The lowest BCUT2D eigenvalue weighted by Crippen LogP contribution is -2.49. The van der Waals surface area contributed by atoms with Gasteiger partial charge in [0.2, 0.25) is 5.90 Å². The number of esters is 1. The van der Waals surface area contributed by atoms with E-state index in [1.165, 1.54) is 0 Å². The molecule has 10 heteroatoms. The van der Waals surface area contributed by atoms with Crippen molar-refractivity contribution in [1.82, 2.24) is 5.32 Å². The number of nitrogens with zero attached hydrogens (tertiary/aromatic N) is 1. The van der Waals surface area contributed by atoms with E-state index in [0.717, 1.165) is 0 Å². The summed E-state index contributed by atoms with van der Waals surface area (Å²) in [6, 6.07) is 6.95. The normalized spacial score (nSPS) is 18.8. The van der Waals surface area contributed by atoms with Crippen LogP contribution in [0.5, 0.6) is 5.75 Å². The number of hydrogen-bond acceptors (Lipinski definition) is 9. The van der Waals surface area contributed by atoms with Gasteiger partial charge in [-0.25, -0.2) is 4.99 Å². The summed E-state index contributed by atoms with van der Waals surface area (Å²) in [6.45, 7) is 4.98. The zero-order valence-corrected chi connectivity index (χ0v) is 19.4. The molecule has 1 aromatic rings. The molecule has 4 N–H and O–H groups in total. The molecule has 0 saturated carbocycles. The van der Waals surface area contributed by atoms with Crippen LogP contribution < -0.4 is 10.1 Å². The Balaban J connectivity index is 2.17. The lowest BCUT2D eigenvalue weighted by molar-refractivity contribution is -0.155. The smallest absolute Gasteiger partial charge is 0.306 e. The minimum absolute atomic E-state index is 0.0471. The average Bonchev–Trinajstić information content (AvgIpc) is 3.21. The molecule has 0 saturated heterocycles. The molecule has 1 amide bonds. The van der Waals surface area contributed by atoms with Crippen LogP contribution in [0.25, 0.3) is 0 Å². The second-order valence-corrected chi connectivity index (χ2v) is 8.82. The van der Waals surface area contributed by atoms with Crippen LogP contribution in [0.4, 0.5) is 0 Å². The van der Waals surface area contributed by atoms with Crippen molar-refractivity contribution in [3.05, 3.63) is 29.8 Å². The maximum Gasteiger partial charge on any atom is 0.306 e. The number of carbonyl (C=O) groups is 2. The van der Waals surface area contributed by atoms with Gasteiger partial charge in [0.05, 0.1) is 19.3 Å². The van der Waals surface area contributed by atoms with E-state index in [1.54, 1.807) is 45.0 Å². The van der Waals surface area contributed by atoms with Gasteiger partial charge < -0.3 is 34.8 Å². The van der Waals surface area contributed by atoms with Crippen molar-refractivity contribution in [2.75, 3.05) is 33.0 Å². The molecule has 2 atom stereocenters. The van der Waals surface area contributed by atoms with E-state index in [0.29, 0.717) is 24.3 Å². The predicted octanol–water partition coefficient (Wildman–Crippen LogP) is 0.555. The molecule has 184 valence electrons. The Morgan fingerprint density at radius 3 is 2.55 bits per heavy atom. The van der Waals surface area contributed by atoms with Gasteiger partial charge in [0.25, 0.3) is 5.91 Å². The Kier molecular flexibility index (Phi) is 9.63. The first-order valence-electron chi connectivity index (χ1n) is 10.9. The Hall–Kier alpha value is -2.69. The van der Waals surface area contributed by atoms with Crippen molar-refractivity contribution in [2.24, 2.45) is 4.99 Å². The predicted molar refractivity (Wildman–Crippen MR) is 120 cm³/mol. The SMILES string of the molecule is CC(C)(C)OC(=O)CC[C@]1(C(=O)NCC(O)CO)COC(c2ccc(OCCCO)cc2)=N1. The number of nitrogens with one attached hydrogen (secondary N) is 1. The van der Waals surface area contributed by atoms with Gasteiger partial charge in [-0.1, -0.05) is 0 Å². The van der Waals surface area contributed by atoms with E-state index in [9.17, 15) is 14.7 Å². The summed E-state index contributed by atoms with van der Waals surface area (Å²) in [4.78, 5) is 29.7. The van der Waals surface area contributed by atoms with Crippen molar-refractivity contribution in [3.63, 3.8) is 0 Å².